The summed E-state index contributed by atoms with van der Waals surface area (Å²) in [6.45, 7) is 2.43. The van der Waals surface area contributed by atoms with E-state index in [4.69, 9.17) is 9.47 Å². The summed E-state index contributed by atoms with van der Waals surface area (Å²) < 4.78 is 38.0. The van der Waals surface area contributed by atoms with E-state index in [1.807, 2.05) is 48.5 Å². The van der Waals surface area contributed by atoms with Crippen LogP contribution in [0.1, 0.15) is 42.9 Å². The molecule has 0 spiro atoms. The van der Waals surface area contributed by atoms with Crippen molar-refractivity contribution in [3.05, 3.63) is 89.5 Å². The Hall–Kier alpha value is -3.89. The Morgan fingerprint density at radius 1 is 0.833 bits per heavy atom. The van der Waals surface area contributed by atoms with Crippen LogP contribution < -0.4 is 19.5 Å². The second kappa shape index (κ2) is 14.3. The number of ether oxygens (including phenoxy) is 2. The van der Waals surface area contributed by atoms with Gasteiger partial charge < -0.3 is 19.7 Å². The summed E-state index contributed by atoms with van der Waals surface area (Å²) in [5, 5.41) is 2.96. The molecule has 42 heavy (non-hydrogen) atoms. The third-order valence-electron chi connectivity index (χ3n) is 7.31. The number of methoxy groups -OCH3 is 2. The van der Waals surface area contributed by atoms with Crippen molar-refractivity contribution in [1.82, 2.24) is 14.9 Å². The zero-order valence-corrected chi connectivity index (χ0v) is 25.2. The van der Waals surface area contributed by atoms with Gasteiger partial charge in [0.05, 0.1) is 19.1 Å². The van der Waals surface area contributed by atoms with Crippen LogP contribution in [0.4, 0.5) is 0 Å². The molecule has 1 unspecified atom stereocenters. The summed E-state index contributed by atoms with van der Waals surface area (Å²) >= 11 is 0. The quantitative estimate of drug-likeness (QED) is 0.277. The van der Waals surface area contributed by atoms with E-state index < -0.39 is 16.1 Å². The summed E-state index contributed by atoms with van der Waals surface area (Å²) in [7, 11) is -0.322. The van der Waals surface area contributed by atoms with Crippen LogP contribution in [-0.2, 0) is 39.0 Å². The molecule has 0 heterocycles. The summed E-state index contributed by atoms with van der Waals surface area (Å²) in [5.74, 6) is 1.08. The first kappa shape index (κ1) is 31.1. The molecule has 0 saturated heterocycles. The van der Waals surface area contributed by atoms with Gasteiger partial charge in [-0.15, -0.1) is 0 Å². The number of nitrogens with one attached hydrogen (secondary N) is 2. The molecule has 1 atom stereocenters. The zero-order valence-electron chi connectivity index (χ0n) is 24.3. The fourth-order valence-electron chi connectivity index (χ4n) is 4.50. The molecule has 2 amide bonds. The minimum atomic E-state index is -3.53. The van der Waals surface area contributed by atoms with E-state index in [1.165, 1.54) is 0 Å². The standard InChI is InChI=1S/C32H39N3O6S/c1-23(32(37)33-21-20-25-4-13-28(40-2)14-5-25)35(22-26-6-15-29(41-3)16-7-26)31(36)19-10-24-8-17-30(18-9-24)42(38,39)34-27-11-12-27/h4-9,13-18,23,27,34H,10-12,19-22H2,1-3H3,(H,33,37). The van der Waals surface area contributed by atoms with Crippen molar-refractivity contribution in [3.8, 4) is 11.5 Å². The Morgan fingerprint density at radius 2 is 1.36 bits per heavy atom. The average molecular weight is 594 g/mol. The highest BCUT2D eigenvalue weighted by atomic mass is 32.2. The number of hydrogen-bond acceptors (Lipinski definition) is 6. The molecule has 10 heteroatoms. The number of rotatable bonds is 15. The van der Waals surface area contributed by atoms with Gasteiger partial charge in [0, 0.05) is 25.6 Å². The van der Waals surface area contributed by atoms with Crippen molar-refractivity contribution in [3.63, 3.8) is 0 Å². The van der Waals surface area contributed by atoms with Gasteiger partial charge in [-0.05, 0) is 85.7 Å². The SMILES string of the molecule is COc1ccc(CCNC(=O)C(C)N(Cc2ccc(OC)cc2)C(=O)CCc2ccc(S(=O)(=O)NC3CC3)cc2)cc1. The molecular weight excluding hydrogens is 554 g/mol. The van der Waals surface area contributed by atoms with Crippen molar-refractivity contribution >= 4 is 21.8 Å². The van der Waals surface area contributed by atoms with Crippen molar-refractivity contribution in [2.45, 2.75) is 62.6 Å². The minimum Gasteiger partial charge on any atom is -0.497 e. The molecule has 4 rings (SSSR count). The van der Waals surface area contributed by atoms with Crippen LogP contribution in [0.15, 0.2) is 77.7 Å². The lowest BCUT2D eigenvalue weighted by atomic mass is 10.1. The monoisotopic (exact) mass is 593 g/mol. The van der Waals surface area contributed by atoms with Gasteiger partial charge in [-0.25, -0.2) is 13.1 Å². The number of amides is 2. The van der Waals surface area contributed by atoms with Gasteiger partial charge in [-0.3, -0.25) is 9.59 Å². The third kappa shape index (κ3) is 8.80. The smallest absolute Gasteiger partial charge is 0.242 e. The summed E-state index contributed by atoms with van der Waals surface area (Å²) in [5.41, 5.74) is 2.78. The van der Waals surface area contributed by atoms with Gasteiger partial charge in [-0.1, -0.05) is 36.4 Å². The van der Waals surface area contributed by atoms with E-state index in [-0.39, 0.29) is 35.7 Å². The van der Waals surface area contributed by atoms with E-state index in [2.05, 4.69) is 10.0 Å². The van der Waals surface area contributed by atoms with Crippen LogP contribution in [0.3, 0.4) is 0 Å². The first-order chi connectivity index (χ1) is 20.2. The lowest BCUT2D eigenvalue weighted by Crippen LogP contribution is -2.48. The fourth-order valence-corrected chi connectivity index (χ4v) is 5.80. The molecule has 2 N–H and O–H groups in total. The molecule has 3 aromatic carbocycles. The Morgan fingerprint density at radius 3 is 1.90 bits per heavy atom. The number of nitrogens with zero attached hydrogens (tertiary/aromatic N) is 1. The number of aryl methyl sites for hydroxylation is 1. The number of carbonyl (C=O) groups excluding carboxylic acids is 2. The second-order valence-electron chi connectivity index (χ2n) is 10.5. The van der Waals surface area contributed by atoms with Crippen LogP contribution in [0, 0.1) is 0 Å². The van der Waals surface area contributed by atoms with E-state index in [0.717, 1.165) is 35.3 Å². The molecule has 1 saturated carbocycles. The lowest BCUT2D eigenvalue weighted by Gasteiger charge is -2.29. The van der Waals surface area contributed by atoms with E-state index in [0.29, 0.717) is 25.1 Å². The largest absolute Gasteiger partial charge is 0.497 e. The topological polar surface area (TPSA) is 114 Å². The Bertz CT molecular complexity index is 1440. The lowest BCUT2D eigenvalue weighted by molar-refractivity contribution is -0.140. The van der Waals surface area contributed by atoms with Crippen molar-refractivity contribution < 1.29 is 27.5 Å². The minimum absolute atomic E-state index is 0.0330. The van der Waals surface area contributed by atoms with Gasteiger partial charge in [0.1, 0.15) is 17.5 Å². The van der Waals surface area contributed by atoms with Crippen LogP contribution in [0.25, 0.3) is 0 Å². The van der Waals surface area contributed by atoms with Gasteiger partial charge in [0.25, 0.3) is 0 Å². The maximum atomic E-state index is 13.5. The highest BCUT2D eigenvalue weighted by molar-refractivity contribution is 7.89. The molecule has 3 aromatic rings. The number of hydrogen-bond donors (Lipinski definition) is 2. The molecule has 9 nitrogen and oxygen atoms in total. The number of carbonyl (C=O) groups is 2. The second-order valence-corrected chi connectivity index (χ2v) is 12.2. The highest BCUT2D eigenvalue weighted by Gasteiger charge is 2.28. The van der Waals surface area contributed by atoms with E-state index in [1.54, 1.807) is 50.3 Å². The molecule has 1 fully saturated rings. The summed E-state index contributed by atoms with van der Waals surface area (Å²) in [6.07, 6.45) is 2.97. The van der Waals surface area contributed by atoms with Gasteiger partial charge in [0.15, 0.2) is 0 Å². The summed E-state index contributed by atoms with van der Waals surface area (Å²) in [6, 6.07) is 21.0. The van der Waals surface area contributed by atoms with Crippen LogP contribution in [0.2, 0.25) is 0 Å². The van der Waals surface area contributed by atoms with Gasteiger partial charge >= 0.3 is 0 Å². The molecular formula is C32H39N3O6S. The molecule has 1 aliphatic carbocycles. The van der Waals surface area contributed by atoms with Crippen molar-refractivity contribution in [2.75, 3.05) is 20.8 Å². The normalized spacial score (nSPS) is 13.7. The third-order valence-corrected chi connectivity index (χ3v) is 8.85. The van der Waals surface area contributed by atoms with E-state index >= 15 is 0 Å². The van der Waals surface area contributed by atoms with Crippen LogP contribution in [-0.4, -0.2) is 58.0 Å². The fraction of sp³-hybridized carbons (Fsp3) is 0.375. The number of sulfonamides is 1. The highest BCUT2D eigenvalue weighted by Crippen LogP contribution is 2.23. The molecule has 1 aliphatic rings. The molecule has 0 aliphatic heterocycles. The maximum Gasteiger partial charge on any atom is 0.242 e. The van der Waals surface area contributed by atoms with Crippen molar-refractivity contribution in [1.29, 1.82) is 0 Å². The van der Waals surface area contributed by atoms with E-state index in [9.17, 15) is 18.0 Å². The van der Waals surface area contributed by atoms with Gasteiger partial charge in [-0.2, -0.15) is 0 Å². The van der Waals surface area contributed by atoms with Crippen LogP contribution in [0.5, 0.6) is 11.5 Å². The van der Waals surface area contributed by atoms with Crippen LogP contribution >= 0.6 is 0 Å². The molecule has 224 valence electrons. The van der Waals surface area contributed by atoms with Crippen molar-refractivity contribution in [2.24, 2.45) is 0 Å². The number of benzene rings is 3. The molecule has 0 bridgehead atoms. The predicted octanol–water partition coefficient (Wildman–Crippen LogP) is 3.85. The first-order valence-electron chi connectivity index (χ1n) is 14.1. The Kier molecular flexibility index (Phi) is 10.6. The van der Waals surface area contributed by atoms with Gasteiger partial charge in [0.2, 0.25) is 21.8 Å². The average Bonchev–Trinajstić information content (AvgIpc) is 3.82. The Labute approximate surface area is 248 Å². The maximum absolute atomic E-state index is 13.5. The summed E-state index contributed by atoms with van der Waals surface area (Å²) in [4.78, 5) is 28.5. The molecule has 0 radical (unpaired) electrons. The molecule has 0 aromatic heterocycles. The zero-order chi connectivity index (χ0) is 30.1. The Balaban J connectivity index is 1.38. The predicted molar refractivity (Wildman–Crippen MR) is 161 cm³/mol. The first-order valence-corrected chi connectivity index (χ1v) is 15.6.